The highest BCUT2D eigenvalue weighted by atomic mass is 16.5. The van der Waals surface area contributed by atoms with Crippen LogP contribution in [0.3, 0.4) is 0 Å². The van der Waals surface area contributed by atoms with E-state index in [2.05, 4.69) is 38.8 Å². The van der Waals surface area contributed by atoms with Crippen LogP contribution < -0.4 is 0 Å². The Hall–Kier alpha value is -1.83. The molecule has 140 valence electrons. The number of nitrogens with zero attached hydrogens (tertiary/aromatic N) is 5. The second-order valence-electron chi connectivity index (χ2n) is 7.73. The number of pyridine rings is 1. The summed E-state index contributed by atoms with van der Waals surface area (Å²) in [5.74, 6) is 1.37. The van der Waals surface area contributed by atoms with E-state index in [0.29, 0.717) is 5.82 Å². The molecule has 2 fully saturated rings. The lowest BCUT2D eigenvalue weighted by atomic mass is 10.0. The van der Waals surface area contributed by atoms with E-state index in [1.165, 1.54) is 0 Å². The first-order chi connectivity index (χ1) is 12.6. The van der Waals surface area contributed by atoms with Gasteiger partial charge in [0.1, 0.15) is 0 Å². The molecular formula is C19H27N5O2. The van der Waals surface area contributed by atoms with Crippen LogP contribution in [0.1, 0.15) is 38.6 Å². The van der Waals surface area contributed by atoms with Gasteiger partial charge in [-0.15, -0.1) is 0 Å². The van der Waals surface area contributed by atoms with Crippen LogP contribution in [0.5, 0.6) is 0 Å². The van der Waals surface area contributed by atoms with Crippen molar-refractivity contribution < 1.29 is 9.26 Å². The van der Waals surface area contributed by atoms with Gasteiger partial charge in [0.25, 0.3) is 0 Å². The predicted octanol–water partition coefficient (Wildman–Crippen LogP) is 2.38. The number of morpholine rings is 1. The molecule has 2 aliphatic rings. The summed E-state index contributed by atoms with van der Waals surface area (Å²) in [4.78, 5) is 13.7. The lowest BCUT2D eigenvalue weighted by Gasteiger charge is -2.43. The first kappa shape index (κ1) is 17.6. The van der Waals surface area contributed by atoms with Gasteiger partial charge in [0.15, 0.2) is 0 Å². The molecule has 0 bridgehead atoms. The molecule has 0 aromatic carbocycles. The Morgan fingerprint density at radius 1 is 1.15 bits per heavy atom. The summed E-state index contributed by atoms with van der Waals surface area (Å²) in [7, 11) is 0. The van der Waals surface area contributed by atoms with E-state index < -0.39 is 0 Å². The zero-order chi connectivity index (χ0) is 18.0. The van der Waals surface area contributed by atoms with Crippen LogP contribution >= 0.6 is 0 Å². The van der Waals surface area contributed by atoms with Crippen LogP contribution in [0.25, 0.3) is 11.4 Å². The Kier molecular flexibility index (Phi) is 5.02. The highest BCUT2D eigenvalue weighted by Crippen LogP contribution is 2.34. The number of rotatable bonds is 5. The average Bonchev–Trinajstić information content (AvgIpc) is 3.32. The maximum Gasteiger partial charge on any atom is 0.244 e. The smallest absolute Gasteiger partial charge is 0.244 e. The Morgan fingerprint density at radius 2 is 1.92 bits per heavy atom. The summed E-state index contributed by atoms with van der Waals surface area (Å²) < 4.78 is 11.1. The molecule has 7 nitrogen and oxygen atoms in total. The van der Waals surface area contributed by atoms with Gasteiger partial charge < -0.3 is 9.26 Å². The summed E-state index contributed by atoms with van der Waals surface area (Å²) in [5, 5.41) is 4.18. The highest BCUT2D eigenvalue weighted by molar-refractivity contribution is 5.52. The van der Waals surface area contributed by atoms with Gasteiger partial charge in [0.05, 0.1) is 19.3 Å². The highest BCUT2D eigenvalue weighted by Gasteiger charge is 2.37. The molecule has 7 heteroatoms. The topological polar surface area (TPSA) is 67.5 Å². The van der Waals surface area contributed by atoms with Gasteiger partial charge >= 0.3 is 0 Å². The molecule has 2 aromatic heterocycles. The number of likely N-dealkylation sites (tertiary alicyclic amines) is 1. The largest absolute Gasteiger partial charge is 0.379 e. The molecule has 2 aromatic rings. The molecule has 0 spiro atoms. The lowest BCUT2D eigenvalue weighted by molar-refractivity contribution is -0.0241. The SMILES string of the molecule is CC(C)(CN1CCCC1c1nc(-c2ccncc2)no1)N1CCOCC1. The quantitative estimate of drug-likeness (QED) is 0.814. The molecule has 4 heterocycles. The van der Waals surface area contributed by atoms with Crippen LogP contribution in [-0.4, -0.2) is 69.9 Å². The Balaban J connectivity index is 1.47. The zero-order valence-electron chi connectivity index (χ0n) is 15.6. The third-order valence-electron chi connectivity index (χ3n) is 5.49. The second-order valence-corrected chi connectivity index (χ2v) is 7.73. The van der Waals surface area contributed by atoms with Crippen molar-refractivity contribution in [2.24, 2.45) is 0 Å². The molecular weight excluding hydrogens is 330 g/mol. The fraction of sp³-hybridized carbons (Fsp3) is 0.632. The zero-order valence-corrected chi connectivity index (χ0v) is 15.6. The number of ether oxygens (including phenoxy) is 1. The minimum absolute atomic E-state index is 0.0975. The summed E-state index contributed by atoms with van der Waals surface area (Å²) in [5.41, 5.74) is 1.04. The molecule has 4 rings (SSSR count). The Morgan fingerprint density at radius 3 is 2.69 bits per heavy atom. The van der Waals surface area contributed by atoms with E-state index >= 15 is 0 Å². The molecule has 1 atom stereocenters. The Bertz CT molecular complexity index is 712. The van der Waals surface area contributed by atoms with Crippen LogP contribution in [-0.2, 0) is 4.74 Å². The van der Waals surface area contributed by atoms with Crippen LogP contribution in [0.4, 0.5) is 0 Å². The predicted molar refractivity (Wildman–Crippen MR) is 97.5 cm³/mol. The molecule has 2 saturated heterocycles. The monoisotopic (exact) mass is 357 g/mol. The van der Waals surface area contributed by atoms with Gasteiger partial charge in [0, 0.05) is 43.1 Å². The summed E-state index contributed by atoms with van der Waals surface area (Å²) in [6.45, 7) is 10.4. The van der Waals surface area contributed by atoms with Gasteiger partial charge in [-0.05, 0) is 45.4 Å². The molecule has 26 heavy (non-hydrogen) atoms. The van der Waals surface area contributed by atoms with Crippen LogP contribution in [0.2, 0.25) is 0 Å². The van der Waals surface area contributed by atoms with Crippen molar-refractivity contribution >= 4 is 0 Å². The summed E-state index contributed by atoms with van der Waals surface area (Å²) >= 11 is 0. The molecule has 0 N–H and O–H groups in total. The molecule has 0 radical (unpaired) electrons. The van der Waals surface area contributed by atoms with Crippen molar-refractivity contribution in [2.45, 2.75) is 38.3 Å². The van der Waals surface area contributed by atoms with Crippen molar-refractivity contribution in [3.63, 3.8) is 0 Å². The second kappa shape index (κ2) is 7.42. The maximum atomic E-state index is 5.64. The number of hydrogen-bond donors (Lipinski definition) is 0. The standard InChI is InChI=1S/C19H27N5O2/c1-19(2,24-10-12-25-13-11-24)14-23-9-3-4-16(23)18-21-17(22-26-18)15-5-7-20-8-6-15/h5-8,16H,3-4,9-14H2,1-2H3. The van der Waals surface area contributed by atoms with Gasteiger partial charge in [-0.3, -0.25) is 14.8 Å². The number of hydrogen-bond acceptors (Lipinski definition) is 7. The molecule has 0 saturated carbocycles. The minimum atomic E-state index is 0.0975. The van der Waals surface area contributed by atoms with Crippen molar-refractivity contribution in [1.29, 1.82) is 0 Å². The normalized spacial score (nSPS) is 22.8. The van der Waals surface area contributed by atoms with Crippen molar-refractivity contribution in [3.8, 4) is 11.4 Å². The van der Waals surface area contributed by atoms with Crippen molar-refractivity contribution in [1.82, 2.24) is 24.9 Å². The lowest BCUT2D eigenvalue weighted by Crippen LogP contribution is -2.55. The average molecular weight is 357 g/mol. The van der Waals surface area contributed by atoms with E-state index in [0.717, 1.165) is 63.7 Å². The summed E-state index contributed by atoms with van der Waals surface area (Å²) in [6, 6.07) is 4.02. The van der Waals surface area contributed by atoms with E-state index in [1.807, 2.05) is 12.1 Å². The minimum Gasteiger partial charge on any atom is -0.379 e. The first-order valence-corrected chi connectivity index (χ1v) is 9.44. The molecule has 1 unspecified atom stereocenters. The van der Waals surface area contributed by atoms with Crippen molar-refractivity contribution in [2.75, 3.05) is 39.4 Å². The van der Waals surface area contributed by atoms with Crippen molar-refractivity contribution in [3.05, 3.63) is 30.4 Å². The van der Waals surface area contributed by atoms with E-state index in [9.17, 15) is 0 Å². The number of aromatic nitrogens is 3. The van der Waals surface area contributed by atoms with E-state index in [4.69, 9.17) is 9.26 Å². The van der Waals surface area contributed by atoms with Gasteiger partial charge in [0.2, 0.25) is 11.7 Å². The summed E-state index contributed by atoms with van der Waals surface area (Å²) in [6.07, 6.45) is 5.73. The fourth-order valence-corrected chi connectivity index (χ4v) is 4.05. The van der Waals surface area contributed by atoms with Gasteiger partial charge in [-0.25, -0.2) is 0 Å². The van der Waals surface area contributed by atoms with Gasteiger partial charge in [-0.2, -0.15) is 4.98 Å². The molecule has 2 aliphatic heterocycles. The van der Waals surface area contributed by atoms with E-state index in [-0.39, 0.29) is 11.6 Å². The first-order valence-electron chi connectivity index (χ1n) is 9.44. The van der Waals surface area contributed by atoms with Crippen LogP contribution in [0.15, 0.2) is 29.0 Å². The Labute approximate surface area is 154 Å². The van der Waals surface area contributed by atoms with Crippen LogP contribution in [0, 0.1) is 0 Å². The third-order valence-corrected chi connectivity index (χ3v) is 5.49. The third kappa shape index (κ3) is 3.65. The van der Waals surface area contributed by atoms with E-state index in [1.54, 1.807) is 12.4 Å². The maximum absolute atomic E-state index is 5.64. The molecule has 0 amide bonds. The molecule has 0 aliphatic carbocycles. The fourth-order valence-electron chi connectivity index (χ4n) is 4.05. The van der Waals surface area contributed by atoms with Gasteiger partial charge in [-0.1, -0.05) is 5.16 Å².